The molecule has 2 aliphatic heterocycles. The Labute approximate surface area is 264 Å². The number of carbonyl (C=O) groups is 2. The van der Waals surface area contributed by atoms with Crippen molar-refractivity contribution >= 4 is 35.1 Å². The monoisotopic (exact) mass is 622 g/mol. The van der Waals surface area contributed by atoms with Crippen LogP contribution in [0.25, 0.3) is 0 Å². The van der Waals surface area contributed by atoms with Gasteiger partial charge in [0.25, 0.3) is 0 Å². The van der Waals surface area contributed by atoms with Gasteiger partial charge in [-0.15, -0.1) is 0 Å². The molecule has 0 aromatic heterocycles. The van der Waals surface area contributed by atoms with Crippen LogP contribution >= 0.6 is 23.2 Å². The van der Waals surface area contributed by atoms with Crippen LogP contribution in [-0.2, 0) is 15.0 Å². The number of hydrogen-bond donors (Lipinski definition) is 3. The first kappa shape index (κ1) is 31.5. The predicted octanol–water partition coefficient (Wildman–Crippen LogP) is 7.09. The van der Waals surface area contributed by atoms with Crippen molar-refractivity contribution in [3.8, 4) is 0 Å². The van der Waals surface area contributed by atoms with Gasteiger partial charge >= 0.3 is 11.9 Å². The molecule has 5 unspecified atom stereocenters. The molecule has 3 N–H and O–H groups in total. The maximum atomic E-state index is 13.5. The highest BCUT2D eigenvalue weighted by atomic mass is 35.5. The summed E-state index contributed by atoms with van der Waals surface area (Å²) in [5, 5.41) is 25.5. The maximum Gasteiger partial charge on any atom is 0.311 e. The molecular weight excluding hydrogens is 583 g/mol. The molecule has 6 nitrogen and oxygen atoms in total. The van der Waals surface area contributed by atoms with Gasteiger partial charge in [0, 0.05) is 23.4 Å². The Morgan fingerprint density at radius 1 is 0.837 bits per heavy atom. The van der Waals surface area contributed by atoms with Crippen molar-refractivity contribution in [1.82, 2.24) is 10.2 Å². The topological polar surface area (TPSA) is 89.9 Å². The van der Waals surface area contributed by atoms with Crippen LogP contribution in [-0.4, -0.2) is 58.8 Å². The fraction of sp³-hybridized carbons (Fsp3) is 0.429. The van der Waals surface area contributed by atoms with E-state index in [9.17, 15) is 19.8 Å². The second-order valence-electron chi connectivity index (χ2n) is 12.5. The Morgan fingerprint density at radius 2 is 1.40 bits per heavy atom. The molecule has 5 atom stereocenters. The van der Waals surface area contributed by atoms with Gasteiger partial charge in [0.2, 0.25) is 0 Å². The molecule has 0 aliphatic carbocycles. The molecule has 3 aromatic rings. The Morgan fingerprint density at radius 3 is 1.91 bits per heavy atom. The third-order valence-corrected chi connectivity index (χ3v) is 11.5. The molecule has 0 saturated carbocycles. The molecule has 2 saturated heterocycles. The van der Waals surface area contributed by atoms with Crippen molar-refractivity contribution in [2.75, 3.05) is 19.6 Å². The van der Waals surface area contributed by atoms with E-state index in [-0.39, 0.29) is 21.9 Å². The minimum atomic E-state index is -1.46. The van der Waals surface area contributed by atoms with E-state index in [0.29, 0.717) is 12.1 Å². The molecule has 228 valence electrons. The summed E-state index contributed by atoms with van der Waals surface area (Å²) in [6, 6.07) is 25.3. The first-order chi connectivity index (χ1) is 20.5. The van der Waals surface area contributed by atoms with Crippen molar-refractivity contribution < 1.29 is 19.8 Å². The molecule has 2 heterocycles. The van der Waals surface area contributed by atoms with Crippen molar-refractivity contribution in [1.29, 1.82) is 0 Å². The van der Waals surface area contributed by atoms with Crippen LogP contribution < -0.4 is 5.32 Å². The lowest BCUT2D eigenvalue weighted by Crippen LogP contribution is -2.69. The SMILES string of the molecule is CC1NC(C)C(CCN2CCC(c3ccccc3)(c3ccccc3)CC2)(C(=O)O)C(c2cccc(Cl)c2Cl)C1(C)C(=O)O. The first-order valence-corrected chi connectivity index (χ1v) is 15.7. The third-order valence-electron chi connectivity index (χ3n) is 10.6. The zero-order valence-electron chi connectivity index (χ0n) is 24.9. The number of aliphatic carboxylic acids is 2. The van der Waals surface area contributed by atoms with E-state index < -0.39 is 40.8 Å². The number of piperidine rings is 2. The summed E-state index contributed by atoms with van der Waals surface area (Å²) in [6.07, 6.45) is 2.04. The Balaban J connectivity index is 1.49. The number of carboxylic acid groups (broad SMARTS) is 2. The lowest BCUT2D eigenvalue weighted by atomic mass is 9.51. The minimum Gasteiger partial charge on any atom is -0.481 e. The third kappa shape index (κ3) is 5.27. The van der Waals surface area contributed by atoms with E-state index >= 15 is 0 Å². The van der Waals surface area contributed by atoms with E-state index in [1.807, 2.05) is 19.1 Å². The van der Waals surface area contributed by atoms with Gasteiger partial charge in [-0.2, -0.15) is 0 Å². The molecule has 5 rings (SSSR count). The fourth-order valence-corrected chi connectivity index (χ4v) is 8.34. The van der Waals surface area contributed by atoms with Crippen LogP contribution in [0.1, 0.15) is 62.6 Å². The quantitative estimate of drug-likeness (QED) is 0.248. The number of carboxylic acids is 2. The van der Waals surface area contributed by atoms with Gasteiger partial charge in [0.05, 0.1) is 20.9 Å². The van der Waals surface area contributed by atoms with Gasteiger partial charge in [0.1, 0.15) is 0 Å². The molecule has 2 fully saturated rings. The summed E-state index contributed by atoms with van der Waals surface area (Å²) in [6.45, 7) is 7.37. The summed E-state index contributed by atoms with van der Waals surface area (Å²) >= 11 is 13.2. The van der Waals surface area contributed by atoms with Gasteiger partial charge in [-0.25, -0.2) is 0 Å². The van der Waals surface area contributed by atoms with Crippen LogP contribution in [0.5, 0.6) is 0 Å². The van der Waals surface area contributed by atoms with E-state index in [2.05, 4.69) is 58.7 Å². The Bertz CT molecular complexity index is 1420. The summed E-state index contributed by atoms with van der Waals surface area (Å²) < 4.78 is 0. The number of nitrogens with zero attached hydrogens (tertiary/aromatic N) is 1. The number of nitrogens with one attached hydrogen (secondary N) is 1. The molecule has 0 spiro atoms. The van der Waals surface area contributed by atoms with E-state index in [0.717, 1.165) is 25.9 Å². The van der Waals surface area contributed by atoms with Gasteiger partial charge in [-0.1, -0.05) is 96.0 Å². The smallest absolute Gasteiger partial charge is 0.311 e. The van der Waals surface area contributed by atoms with Crippen LogP contribution in [0.3, 0.4) is 0 Å². The molecule has 0 amide bonds. The minimum absolute atomic E-state index is 0.128. The average molecular weight is 624 g/mol. The van der Waals surface area contributed by atoms with E-state index in [1.165, 1.54) is 11.1 Å². The molecule has 43 heavy (non-hydrogen) atoms. The van der Waals surface area contributed by atoms with E-state index in [4.69, 9.17) is 23.2 Å². The van der Waals surface area contributed by atoms with Gasteiger partial charge in [-0.05, 0) is 82.4 Å². The van der Waals surface area contributed by atoms with Crippen molar-refractivity contribution in [2.24, 2.45) is 10.8 Å². The number of hydrogen-bond acceptors (Lipinski definition) is 4. The normalized spacial score (nSPS) is 29.2. The summed E-state index contributed by atoms with van der Waals surface area (Å²) in [5.41, 5.74) is -0.00699. The van der Waals surface area contributed by atoms with Gasteiger partial charge in [0.15, 0.2) is 0 Å². The molecular formula is C35H40Cl2N2O4. The lowest BCUT2D eigenvalue weighted by molar-refractivity contribution is -0.171. The zero-order valence-corrected chi connectivity index (χ0v) is 26.4. The summed E-state index contributed by atoms with van der Waals surface area (Å²) in [7, 11) is 0. The maximum absolute atomic E-state index is 13.5. The predicted molar refractivity (Wildman–Crippen MR) is 171 cm³/mol. The van der Waals surface area contributed by atoms with E-state index in [1.54, 1.807) is 32.0 Å². The van der Waals surface area contributed by atoms with Crippen molar-refractivity contribution in [2.45, 2.75) is 63.5 Å². The number of likely N-dealkylation sites (tertiary alicyclic amines) is 1. The average Bonchev–Trinajstić information content (AvgIpc) is 3.01. The van der Waals surface area contributed by atoms with Gasteiger partial charge < -0.3 is 20.4 Å². The zero-order chi connectivity index (χ0) is 31.0. The van der Waals surface area contributed by atoms with Crippen LogP contribution in [0.2, 0.25) is 10.0 Å². The molecule has 3 aromatic carbocycles. The highest BCUT2D eigenvalue weighted by molar-refractivity contribution is 6.42. The molecule has 0 bridgehead atoms. The Hall–Kier alpha value is -2.90. The molecule has 0 radical (unpaired) electrons. The summed E-state index contributed by atoms with van der Waals surface area (Å²) in [5.74, 6) is -3.03. The highest BCUT2D eigenvalue weighted by Crippen LogP contribution is 2.58. The van der Waals surface area contributed by atoms with Crippen LogP contribution in [0.15, 0.2) is 78.9 Å². The Kier molecular flexibility index (Phi) is 8.97. The second kappa shape index (κ2) is 12.2. The van der Waals surface area contributed by atoms with Crippen molar-refractivity contribution in [3.05, 3.63) is 106 Å². The lowest BCUT2D eigenvalue weighted by Gasteiger charge is -2.56. The highest BCUT2D eigenvalue weighted by Gasteiger charge is 2.65. The standard InChI is InChI=1S/C35H40Cl2N2O4/c1-23-33(3,31(40)41)30(27-15-10-16-28(36)29(27)37)35(32(42)43,24(2)38-23)19-22-39-20-17-34(18-21-39,25-11-6-4-7-12-25)26-13-8-5-9-14-26/h4-16,23-24,30,38H,17-22H2,1-3H3,(H,40,41)(H,42,43). The van der Waals surface area contributed by atoms with Gasteiger partial charge in [-0.3, -0.25) is 9.59 Å². The first-order valence-electron chi connectivity index (χ1n) is 15.0. The van der Waals surface area contributed by atoms with Crippen molar-refractivity contribution in [3.63, 3.8) is 0 Å². The number of halogens is 2. The molecule has 8 heteroatoms. The van der Waals surface area contributed by atoms with Crippen LogP contribution in [0, 0.1) is 10.8 Å². The second-order valence-corrected chi connectivity index (χ2v) is 13.3. The molecule has 2 aliphatic rings. The number of benzene rings is 3. The number of rotatable bonds is 8. The summed E-state index contributed by atoms with van der Waals surface area (Å²) in [4.78, 5) is 28.8. The van der Waals surface area contributed by atoms with Crippen LogP contribution in [0.4, 0.5) is 0 Å². The largest absolute Gasteiger partial charge is 0.481 e. The fourth-order valence-electron chi connectivity index (χ4n) is 7.92.